The Morgan fingerprint density at radius 2 is 2.18 bits per heavy atom. The first kappa shape index (κ1) is 14.7. The lowest BCUT2D eigenvalue weighted by Gasteiger charge is -2.29. The molecule has 1 aliphatic rings. The van der Waals surface area contributed by atoms with E-state index in [2.05, 4.69) is 18.8 Å². The van der Waals surface area contributed by atoms with Crippen molar-refractivity contribution in [2.24, 2.45) is 5.92 Å². The van der Waals surface area contributed by atoms with Gasteiger partial charge < -0.3 is 15.2 Å². The fourth-order valence-electron chi connectivity index (χ4n) is 2.28. The number of hydrogen-bond donors (Lipinski definition) is 2. The van der Waals surface area contributed by atoms with Crippen LogP contribution in [0.2, 0.25) is 0 Å². The topological polar surface area (TPSA) is 41.5 Å². The first-order chi connectivity index (χ1) is 8.09. The molecule has 100 valence electrons. The Hall–Kier alpha value is -0.380. The van der Waals surface area contributed by atoms with Crippen molar-refractivity contribution in [3.63, 3.8) is 0 Å². The van der Waals surface area contributed by atoms with Crippen LogP contribution in [0.3, 0.4) is 0 Å². The average Bonchev–Trinajstić information content (AvgIpc) is 2.27. The largest absolute Gasteiger partial charge is 0.389 e. The number of rotatable bonds is 7. The van der Waals surface area contributed by atoms with Crippen LogP contribution in [0, 0.1) is 5.92 Å². The van der Waals surface area contributed by atoms with Crippen molar-refractivity contribution in [2.45, 2.75) is 51.7 Å². The third-order valence-corrected chi connectivity index (χ3v) is 3.34. The molecule has 3 nitrogen and oxygen atoms in total. The van der Waals surface area contributed by atoms with E-state index in [0.717, 1.165) is 18.5 Å². The van der Waals surface area contributed by atoms with Crippen molar-refractivity contribution in [3.8, 4) is 0 Å². The summed E-state index contributed by atoms with van der Waals surface area (Å²) in [7, 11) is 0. The minimum Gasteiger partial charge on any atom is -0.389 e. The van der Waals surface area contributed by atoms with E-state index in [1.54, 1.807) is 0 Å². The maximum absolute atomic E-state index is 9.76. The Morgan fingerprint density at radius 3 is 2.82 bits per heavy atom. The number of nitrogens with one attached hydrogen (secondary N) is 1. The summed E-state index contributed by atoms with van der Waals surface area (Å²) in [6.45, 7) is 9.80. The van der Waals surface area contributed by atoms with Gasteiger partial charge in [0.2, 0.25) is 0 Å². The smallest absolute Gasteiger partial charge is 0.0897 e. The van der Waals surface area contributed by atoms with Gasteiger partial charge in [0.15, 0.2) is 0 Å². The van der Waals surface area contributed by atoms with Crippen molar-refractivity contribution in [3.05, 3.63) is 12.2 Å². The van der Waals surface area contributed by atoms with E-state index >= 15 is 0 Å². The first-order valence-electron chi connectivity index (χ1n) is 6.74. The molecular formula is C14H27NO2. The summed E-state index contributed by atoms with van der Waals surface area (Å²) in [4.78, 5) is 0. The van der Waals surface area contributed by atoms with E-state index in [4.69, 9.17) is 4.74 Å². The van der Waals surface area contributed by atoms with Crippen LogP contribution in [-0.4, -0.2) is 37.0 Å². The molecule has 0 heterocycles. The maximum Gasteiger partial charge on any atom is 0.0897 e. The van der Waals surface area contributed by atoms with E-state index in [-0.39, 0.29) is 0 Å². The predicted molar refractivity (Wildman–Crippen MR) is 71.1 cm³/mol. The van der Waals surface area contributed by atoms with Crippen LogP contribution >= 0.6 is 0 Å². The van der Waals surface area contributed by atoms with Gasteiger partial charge in [0, 0.05) is 13.1 Å². The summed E-state index contributed by atoms with van der Waals surface area (Å²) in [5.74, 6) is 0.638. The van der Waals surface area contributed by atoms with E-state index < -0.39 is 6.10 Å². The Kier molecular flexibility index (Phi) is 6.78. The zero-order chi connectivity index (χ0) is 12.7. The molecule has 0 aromatic heterocycles. The van der Waals surface area contributed by atoms with Gasteiger partial charge in [0.1, 0.15) is 0 Å². The lowest BCUT2D eigenvalue weighted by Crippen LogP contribution is -2.34. The van der Waals surface area contributed by atoms with Crippen LogP contribution in [0.1, 0.15) is 39.5 Å². The average molecular weight is 241 g/mol. The van der Waals surface area contributed by atoms with E-state index in [0.29, 0.717) is 25.2 Å². The number of aliphatic hydroxyl groups is 1. The minimum atomic E-state index is -0.413. The molecule has 0 spiro atoms. The van der Waals surface area contributed by atoms with Crippen LogP contribution < -0.4 is 5.32 Å². The van der Waals surface area contributed by atoms with Gasteiger partial charge in [0.05, 0.1) is 18.8 Å². The molecule has 0 radical (unpaired) electrons. The molecule has 2 N–H and O–H groups in total. The molecule has 0 aromatic rings. The number of hydrogen-bond acceptors (Lipinski definition) is 3. The van der Waals surface area contributed by atoms with E-state index in [1.165, 1.54) is 19.3 Å². The van der Waals surface area contributed by atoms with Crippen molar-refractivity contribution < 1.29 is 9.84 Å². The van der Waals surface area contributed by atoms with Gasteiger partial charge in [-0.1, -0.05) is 31.9 Å². The van der Waals surface area contributed by atoms with Gasteiger partial charge in [-0.15, -0.1) is 0 Å². The highest BCUT2D eigenvalue weighted by Gasteiger charge is 2.22. The zero-order valence-corrected chi connectivity index (χ0v) is 11.2. The summed E-state index contributed by atoms with van der Waals surface area (Å²) < 4.78 is 5.80. The third kappa shape index (κ3) is 6.20. The fourth-order valence-corrected chi connectivity index (χ4v) is 2.28. The highest BCUT2D eigenvalue weighted by molar-refractivity contribution is 4.90. The van der Waals surface area contributed by atoms with Crippen molar-refractivity contribution in [1.29, 1.82) is 0 Å². The lowest BCUT2D eigenvalue weighted by molar-refractivity contribution is -0.0449. The molecule has 0 aromatic carbocycles. The first-order valence-corrected chi connectivity index (χ1v) is 6.74. The van der Waals surface area contributed by atoms with Crippen LogP contribution in [-0.2, 0) is 4.74 Å². The molecule has 0 saturated heterocycles. The molecule has 3 atom stereocenters. The molecule has 0 amide bonds. The summed E-state index contributed by atoms with van der Waals surface area (Å²) in [5, 5.41) is 12.9. The Labute approximate surface area is 105 Å². The van der Waals surface area contributed by atoms with Gasteiger partial charge in [-0.05, 0) is 25.7 Å². The molecule has 1 fully saturated rings. The summed E-state index contributed by atoms with van der Waals surface area (Å²) in [5.41, 5.74) is 1.08. The van der Waals surface area contributed by atoms with Gasteiger partial charge in [0.25, 0.3) is 0 Å². The molecule has 1 rings (SSSR count). The van der Waals surface area contributed by atoms with Crippen LogP contribution in [0.5, 0.6) is 0 Å². The Morgan fingerprint density at radius 1 is 1.47 bits per heavy atom. The van der Waals surface area contributed by atoms with Crippen LogP contribution in [0.15, 0.2) is 12.2 Å². The second-order valence-corrected chi connectivity index (χ2v) is 5.38. The van der Waals surface area contributed by atoms with Crippen LogP contribution in [0.4, 0.5) is 0 Å². The van der Waals surface area contributed by atoms with Gasteiger partial charge in [-0.3, -0.25) is 0 Å². The Bertz CT molecular complexity index is 230. The number of aliphatic hydroxyl groups excluding tert-OH is 1. The number of ether oxygens (including phenoxy) is 1. The predicted octanol–water partition coefficient (Wildman–Crippen LogP) is 2.11. The molecule has 3 unspecified atom stereocenters. The Balaban J connectivity index is 2.09. The third-order valence-electron chi connectivity index (χ3n) is 3.34. The quantitative estimate of drug-likeness (QED) is 0.671. The zero-order valence-electron chi connectivity index (χ0n) is 11.2. The van der Waals surface area contributed by atoms with Gasteiger partial charge >= 0.3 is 0 Å². The van der Waals surface area contributed by atoms with E-state index in [1.807, 2.05) is 6.92 Å². The molecule has 1 saturated carbocycles. The fraction of sp³-hybridized carbons (Fsp3) is 0.857. The molecular weight excluding hydrogens is 214 g/mol. The highest BCUT2D eigenvalue weighted by Crippen LogP contribution is 2.26. The normalized spacial score (nSPS) is 26.8. The maximum atomic E-state index is 9.76. The standard InChI is InChI=1S/C14H27NO2/c1-11(2)8-15-9-13(16)10-17-14-7-5-4-6-12(14)3/h12-16H,1,4-10H2,2-3H3. The lowest BCUT2D eigenvalue weighted by atomic mass is 9.88. The molecule has 0 bridgehead atoms. The molecule has 3 heteroatoms. The summed E-state index contributed by atoms with van der Waals surface area (Å²) in [6.07, 6.45) is 4.92. The van der Waals surface area contributed by atoms with Gasteiger partial charge in [-0.2, -0.15) is 0 Å². The molecule has 1 aliphatic carbocycles. The van der Waals surface area contributed by atoms with Crippen LogP contribution in [0.25, 0.3) is 0 Å². The van der Waals surface area contributed by atoms with Crippen molar-refractivity contribution >= 4 is 0 Å². The van der Waals surface area contributed by atoms with E-state index in [9.17, 15) is 5.11 Å². The highest BCUT2D eigenvalue weighted by atomic mass is 16.5. The molecule has 17 heavy (non-hydrogen) atoms. The second-order valence-electron chi connectivity index (χ2n) is 5.38. The monoisotopic (exact) mass is 241 g/mol. The SMILES string of the molecule is C=C(C)CNCC(O)COC1CCCCC1C. The van der Waals surface area contributed by atoms with Crippen molar-refractivity contribution in [1.82, 2.24) is 5.32 Å². The summed E-state index contributed by atoms with van der Waals surface area (Å²) >= 11 is 0. The summed E-state index contributed by atoms with van der Waals surface area (Å²) in [6, 6.07) is 0. The molecule has 0 aliphatic heterocycles. The minimum absolute atomic E-state index is 0.347. The second kappa shape index (κ2) is 7.85. The van der Waals surface area contributed by atoms with Crippen molar-refractivity contribution in [2.75, 3.05) is 19.7 Å². The van der Waals surface area contributed by atoms with Gasteiger partial charge in [-0.25, -0.2) is 0 Å².